The van der Waals surface area contributed by atoms with Gasteiger partial charge in [-0.1, -0.05) is 17.7 Å². The van der Waals surface area contributed by atoms with Crippen LogP contribution in [0.25, 0.3) is 0 Å². The van der Waals surface area contributed by atoms with Crippen molar-refractivity contribution in [3.8, 4) is 0 Å². The van der Waals surface area contributed by atoms with Gasteiger partial charge in [-0.2, -0.15) is 5.10 Å². The molecule has 5 heteroatoms. The summed E-state index contributed by atoms with van der Waals surface area (Å²) in [7, 11) is 1.70. The summed E-state index contributed by atoms with van der Waals surface area (Å²) in [5.74, 6) is -0.105. The van der Waals surface area contributed by atoms with Gasteiger partial charge in [-0.3, -0.25) is 4.79 Å². The van der Waals surface area contributed by atoms with Crippen molar-refractivity contribution in [3.63, 3.8) is 0 Å². The third kappa shape index (κ3) is 4.07. The molecule has 0 radical (unpaired) electrons. The van der Waals surface area contributed by atoms with Crippen molar-refractivity contribution in [1.29, 1.82) is 0 Å². The molecule has 0 aliphatic carbocycles. The summed E-state index contributed by atoms with van der Waals surface area (Å²) in [5, 5.41) is 7.38. The normalized spacial score (nSPS) is 11.2. The Hall–Kier alpha value is -1.55. The first kappa shape index (κ1) is 13.5. The number of amides is 1. The maximum Gasteiger partial charge on any atom is 0.230 e. The van der Waals surface area contributed by atoms with Crippen LogP contribution in [0.4, 0.5) is 5.69 Å². The lowest BCUT2D eigenvalue weighted by atomic mass is 10.2. The summed E-state index contributed by atoms with van der Waals surface area (Å²) >= 11 is 5.97. The van der Waals surface area contributed by atoms with Crippen LogP contribution in [0.15, 0.2) is 23.3 Å². The van der Waals surface area contributed by atoms with Crippen LogP contribution < -0.4 is 10.7 Å². The predicted octanol–water partition coefficient (Wildman–Crippen LogP) is 2.57. The van der Waals surface area contributed by atoms with E-state index < -0.39 is 0 Å². The molecule has 1 aromatic carbocycles. The van der Waals surface area contributed by atoms with Crippen LogP contribution in [0.5, 0.6) is 0 Å². The number of hydrogen-bond donors (Lipinski definition) is 2. The fraction of sp³-hybridized carbons (Fsp3) is 0.333. The zero-order valence-corrected chi connectivity index (χ0v) is 10.9. The number of carbonyl (C=O) groups excluding carboxylic acids is 1. The van der Waals surface area contributed by atoms with Gasteiger partial charge in [-0.15, -0.1) is 0 Å². The summed E-state index contributed by atoms with van der Waals surface area (Å²) in [6.45, 7) is 3.66. The molecule has 0 bridgehead atoms. The fourth-order valence-corrected chi connectivity index (χ4v) is 1.57. The summed E-state index contributed by atoms with van der Waals surface area (Å²) in [4.78, 5) is 11.7. The van der Waals surface area contributed by atoms with Gasteiger partial charge in [0, 0.05) is 23.5 Å². The quantitative estimate of drug-likeness (QED) is 0.640. The van der Waals surface area contributed by atoms with Crippen LogP contribution in [0.1, 0.15) is 18.9 Å². The lowest BCUT2D eigenvalue weighted by Gasteiger charge is -2.09. The van der Waals surface area contributed by atoms with Crippen LogP contribution >= 0.6 is 11.6 Å². The van der Waals surface area contributed by atoms with E-state index in [0.29, 0.717) is 5.02 Å². The second-order valence-electron chi connectivity index (χ2n) is 3.71. The Morgan fingerprint density at radius 2 is 2.18 bits per heavy atom. The van der Waals surface area contributed by atoms with Crippen molar-refractivity contribution < 1.29 is 4.79 Å². The maximum atomic E-state index is 11.7. The van der Waals surface area contributed by atoms with Gasteiger partial charge in [0.2, 0.25) is 5.91 Å². The number of anilines is 1. The summed E-state index contributed by atoms with van der Waals surface area (Å²) in [5.41, 5.74) is 4.97. The molecule has 0 saturated heterocycles. The SMILES string of the molecule is CN/N=C(/C)CC(=O)Nc1cccc(Cl)c1C. The van der Waals surface area contributed by atoms with E-state index in [1.165, 1.54) is 0 Å². The Bertz CT molecular complexity index is 443. The van der Waals surface area contributed by atoms with Crippen LogP contribution in [-0.2, 0) is 4.79 Å². The molecule has 0 aliphatic heterocycles. The van der Waals surface area contributed by atoms with Crippen molar-refractivity contribution in [3.05, 3.63) is 28.8 Å². The highest BCUT2D eigenvalue weighted by molar-refractivity contribution is 6.31. The Labute approximate surface area is 106 Å². The lowest BCUT2D eigenvalue weighted by molar-refractivity contribution is -0.115. The van der Waals surface area contributed by atoms with Crippen LogP contribution in [0, 0.1) is 6.92 Å². The van der Waals surface area contributed by atoms with Crippen molar-refractivity contribution in [2.45, 2.75) is 20.3 Å². The number of carbonyl (C=O) groups is 1. The number of nitrogens with one attached hydrogen (secondary N) is 2. The van der Waals surface area contributed by atoms with E-state index in [-0.39, 0.29) is 12.3 Å². The molecule has 0 heterocycles. The summed E-state index contributed by atoms with van der Waals surface area (Å²) < 4.78 is 0. The Morgan fingerprint density at radius 1 is 1.47 bits per heavy atom. The maximum absolute atomic E-state index is 11.7. The molecule has 1 amide bonds. The molecule has 0 saturated carbocycles. The Morgan fingerprint density at radius 3 is 2.82 bits per heavy atom. The molecule has 0 aliphatic rings. The minimum absolute atomic E-state index is 0.105. The Balaban J connectivity index is 2.69. The molecular weight excluding hydrogens is 238 g/mol. The smallest absolute Gasteiger partial charge is 0.230 e. The number of rotatable bonds is 4. The van der Waals surface area contributed by atoms with E-state index in [0.717, 1.165) is 17.0 Å². The standard InChI is InChI=1S/C12H16ClN3O/c1-8(16-14-3)7-12(17)15-11-6-4-5-10(13)9(11)2/h4-6,14H,7H2,1-3H3,(H,15,17)/b16-8-. The molecule has 0 aromatic heterocycles. The monoisotopic (exact) mass is 253 g/mol. The first-order valence-corrected chi connectivity index (χ1v) is 5.67. The summed E-state index contributed by atoms with van der Waals surface area (Å²) in [6.07, 6.45) is 0.257. The number of benzene rings is 1. The molecule has 0 fully saturated rings. The zero-order valence-electron chi connectivity index (χ0n) is 10.2. The average Bonchev–Trinajstić information content (AvgIpc) is 2.25. The van der Waals surface area contributed by atoms with Gasteiger partial charge >= 0.3 is 0 Å². The third-order valence-corrected chi connectivity index (χ3v) is 2.67. The van der Waals surface area contributed by atoms with E-state index in [4.69, 9.17) is 11.6 Å². The second-order valence-corrected chi connectivity index (χ2v) is 4.12. The van der Waals surface area contributed by atoms with E-state index in [9.17, 15) is 4.79 Å². The third-order valence-electron chi connectivity index (χ3n) is 2.26. The zero-order chi connectivity index (χ0) is 12.8. The molecule has 2 N–H and O–H groups in total. The van der Waals surface area contributed by atoms with Crippen LogP contribution in [-0.4, -0.2) is 18.7 Å². The Kier molecular flexibility index (Phi) is 4.97. The first-order chi connectivity index (χ1) is 8.04. The highest BCUT2D eigenvalue weighted by Crippen LogP contribution is 2.22. The number of halogens is 1. The minimum atomic E-state index is -0.105. The topological polar surface area (TPSA) is 53.5 Å². The van der Waals surface area contributed by atoms with E-state index in [1.54, 1.807) is 26.1 Å². The number of hydrogen-bond acceptors (Lipinski definition) is 3. The van der Waals surface area contributed by atoms with Crippen LogP contribution in [0.2, 0.25) is 5.02 Å². The van der Waals surface area contributed by atoms with Gasteiger partial charge in [0.15, 0.2) is 0 Å². The minimum Gasteiger partial charge on any atom is -0.325 e. The molecular formula is C12H16ClN3O. The summed E-state index contributed by atoms with van der Waals surface area (Å²) in [6, 6.07) is 5.42. The highest BCUT2D eigenvalue weighted by atomic mass is 35.5. The van der Waals surface area contributed by atoms with Gasteiger partial charge in [0.05, 0.1) is 6.42 Å². The van der Waals surface area contributed by atoms with Gasteiger partial charge < -0.3 is 10.7 Å². The predicted molar refractivity (Wildman–Crippen MR) is 71.6 cm³/mol. The van der Waals surface area contributed by atoms with Crippen molar-refractivity contribution >= 4 is 28.9 Å². The van der Waals surface area contributed by atoms with Crippen molar-refractivity contribution in [2.75, 3.05) is 12.4 Å². The van der Waals surface area contributed by atoms with E-state index in [2.05, 4.69) is 15.8 Å². The molecule has 0 spiro atoms. The second kappa shape index (κ2) is 6.25. The molecule has 1 rings (SSSR count). The molecule has 4 nitrogen and oxygen atoms in total. The van der Waals surface area contributed by atoms with Crippen molar-refractivity contribution in [1.82, 2.24) is 5.43 Å². The van der Waals surface area contributed by atoms with E-state index in [1.807, 2.05) is 13.0 Å². The van der Waals surface area contributed by atoms with Gasteiger partial charge in [0.1, 0.15) is 0 Å². The van der Waals surface area contributed by atoms with Crippen LogP contribution in [0.3, 0.4) is 0 Å². The van der Waals surface area contributed by atoms with E-state index >= 15 is 0 Å². The average molecular weight is 254 g/mol. The number of hydrazone groups is 1. The molecule has 0 atom stereocenters. The van der Waals surface area contributed by atoms with Crippen molar-refractivity contribution in [2.24, 2.45) is 5.10 Å². The molecule has 17 heavy (non-hydrogen) atoms. The number of nitrogens with zero attached hydrogens (tertiary/aromatic N) is 1. The van der Waals surface area contributed by atoms with Gasteiger partial charge in [0.25, 0.3) is 0 Å². The molecule has 92 valence electrons. The first-order valence-electron chi connectivity index (χ1n) is 5.29. The highest BCUT2D eigenvalue weighted by Gasteiger charge is 2.07. The van der Waals surface area contributed by atoms with Gasteiger partial charge in [-0.05, 0) is 31.5 Å². The lowest BCUT2D eigenvalue weighted by Crippen LogP contribution is -2.17. The molecule has 1 aromatic rings. The fourth-order valence-electron chi connectivity index (χ4n) is 1.40. The largest absolute Gasteiger partial charge is 0.325 e. The molecule has 0 unspecified atom stereocenters. The van der Waals surface area contributed by atoms with Gasteiger partial charge in [-0.25, -0.2) is 0 Å².